The molecule has 1 heterocycles. The van der Waals surface area contributed by atoms with Crippen LogP contribution in [0.25, 0.3) is 0 Å². The minimum absolute atomic E-state index is 0.0414. The number of hydrogen-bond acceptors (Lipinski definition) is 5. The number of nitrogens with one attached hydrogen (secondary N) is 2. The number of carbonyl (C=O) groups excluding carboxylic acids is 2. The van der Waals surface area contributed by atoms with Crippen LogP contribution in [0.5, 0.6) is 0 Å². The number of aromatic amines is 1. The molecule has 2 rings (SSSR count). The Bertz CT molecular complexity index is 478. The fourth-order valence-corrected chi connectivity index (χ4v) is 2.47. The molecule has 1 fully saturated rings. The van der Waals surface area contributed by atoms with E-state index in [0.29, 0.717) is 12.3 Å². The van der Waals surface area contributed by atoms with Gasteiger partial charge in [-0.05, 0) is 32.6 Å². The van der Waals surface area contributed by atoms with Gasteiger partial charge in [0.15, 0.2) is 0 Å². The third-order valence-corrected chi connectivity index (χ3v) is 3.58. The highest BCUT2D eigenvalue weighted by Crippen LogP contribution is 2.25. The van der Waals surface area contributed by atoms with Gasteiger partial charge in [0.25, 0.3) is 5.91 Å². The Morgan fingerprint density at radius 1 is 1.45 bits per heavy atom. The van der Waals surface area contributed by atoms with Crippen molar-refractivity contribution in [3.8, 4) is 0 Å². The lowest BCUT2D eigenvalue weighted by Crippen LogP contribution is -2.39. The molecule has 20 heavy (non-hydrogen) atoms. The zero-order chi connectivity index (χ0) is 14.5. The molecule has 0 atom stereocenters. The second-order valence-corrected chi connectivity index (χ2v) is 4.97. The summed E-state index contributed by atoms with van der Waals surface area (Å²) in [7, 11) is 0. The van der Waals surface area contributed by atoms with E-state index in [1.165, 1.54) is 6.20 Å². The normalized spacial score (nSPS) is 22.2. The van der Waals surface area contributed by atoms with Gasteiger partial charge in [-0.2, -0.15) is 5.10 Å². The summed E-state index contributed by atoms with van der Waals surface area (Å²) in [5.41, 5.74) is 6.25. The van der Waals surface area contributed by atoms with Crippen LogP contribution in [0.1, 0.15) is 43.1 Å². The molecule has 0 aromatic carbocycles. The van der Waals surface area contributed by atoms with Crippen molar-refractivity contribution in [2.75, 3.05) is 12.3 Å². The third-order valence-electron chi connectivity index (χ3n) is 3.58. The number of hydrogen-bond donors (Lipinski definition) is 3. The van der Waals surface area contributed by atoms with Crippen LogP contribution in [0.4, 0.5) is 5.69 Å². The van der Waals surface area contributed by atoms with Crippen molar-refractivity contribution >= 4 is 17.6 Å². The van der Waals surface area contributed by atoms with Crippen molar-refractivity contribution in [2.45, 2.75) is 38.6 Å². The predicted octanol–water partition coefficient (Wildman–Crippen LogP) is 0.844. The quantitative estimate of drug-likeness (QED) is 0.708. The number of carbonyl (C=O) groups is 2. The Hall–Kier alpha value is -2.05. The van der Waals surface area contributed by atoms with Gasteiger partial charge in [-0.15, -0.1) is 0 Å². The summed E-state index contributed by atoms with van der Waals surface area (Å²) in [4.78, 5) is 23.6. The first-order valence-electron chi connectivity index (χ1n) is 6.88. The van der Waals surface area contributed by atoms with E-state index in [-0.39, 0.29) is 29.5 Å². The molecule has 1 amide bonds. The van der Waals surface area contributed by atoms with Gasteiger partial charge >= 0.3 is 5.97 Å². The Balaban J connectivity index is 1.81. The molecule has 0 bridgehead atoms. The van der Waals surface area contributed by atoms with Crippen LogP contribution in [0.3, 0.4) is 0 Å². The van der Waals surface area contributed by atoms with E-state index in [2.05, 4.69) is 15.5 Å². The second kappa shape index (κ2) is 6.40. The minimum atomic E-state index is -0.250. The van der Waals surface area contributed by atoms with E-state index in [1.54, 1.807) is 6.92 Å². The molecule has 1 aromatic rings. The highest BCUT2D eigenvalue weighted by Gasteiger charge is 2.28. The maximum atomic E-state index is 12.0. The number of amides is 1. The molecule has 1 saturated carbocycles. The van der Waals surface area contributed by atoms with Gasteiger partial charge in [-0.25, -0.2) is 0 Å². The second-order valence-electron chi connectivity index (χ2n) is 4.97. The Morgan fingerprint density at radius 3 is 2.70 bits per heavy atom. The molecule has 0 radical (unpaired) electrons. The molecular formula is C13H20N4O3. The minimum Gasteiger partial charge on any atom is -0.466 e. The van der Waals surface area contributed by atoms with Crippen LogP contribution in [-0.2, 0) is 9.53 Å². The maximum Gasteiger partial charge on any atom is 0.308 e. The largest absolute Gasteiger partial charge is 0.466 e. The average molecular weight is 280 g/mol. The highest BCUT2D eigenvalue weighted by molar-refractivity contribution is 5.97. The van der Waals surface area contributed by atoms with Crippen molar-refractivity contribution in [2.24, 2.45) is 5.92 Å². The number of anilines is 1. The number of nitrogen functional groups attached to an aromatic ring is 1. The summed E-state index contributed by atoms with van der Waals surface area (Å²) in [6.07, 6.45) is 4.42. The zero-order valence-electron chi connectivity index (χ0n) is 11.5. The molecule has 7 heteroatoms. The van der Waals surface area contributed by atoms with E-state index >= 15 is 0 Å². The molecule has 0 aliphatic heterocycles. The summed E-state index contributed by atoms with van der Waals surface area (Å²) < 4.78 is 5.02. The van der Waals surface area contributed by atoms with E-state index < -0.39 is 0 Å². The summed E-state index contributed by atoms with van der Waals surface area (Å²) >= 11 is 0. The molecule has 1 aromatic heterocycles. The van der Waals surface area contributed by atoms with Gasteiger partial charge in [-0.1, -0.05) is 0 Å². The third kappa shape index (κ3) is 3.28. The first-order chi connectivity index (χ1) is 9.61. The molecule has 0 unspecified atom stereocenters. The number of H-pyrrole nitrogens is 1. The maximum absolute atomic E-state index is 12.0. The zero-order valence-corrected chi connectivity index (χ0v) is 11.5. The SMILES string of the molecule is CCOC(=O)C1CCC(NC(=O)c2[nH]ncc2N)CC1. The summed E-state index contributed by atoms with van der Waals surface area (Å²) in [6, 6.07) is 0.0656. The molecule has 1 aliphatic rings. The van der Waals surface area contributed by atoms with Gasteiger partial charge in [-0.3, -0.25) is 14.7 Å². The number of aromatic nitrogens is 2. The van der Waals surface area contributed by atoms with Crippen LogP contribution < -0.4 is 11.1 Å². The van der Waals surface area contributed by atoms with Gasteiger partial charge in [0, 0.05) is 6.04 Å². The van der Waals surface area contributed by atoms with Crippen molar-refractivity contribution < 1.29 is 14.3 Å². The Labute approximate surface area is 117 Å². The van der Waals surface area contributed by atoms with E-state index in [9.17, 15) is 9.59 Å². The van der Waals surface area contributed by atoms with E-state index in [0.717, 1.165) is 25.7 Å². The average Bonchev–Trinajstić information content (AvgIpc) is 2.86. The summed E-state index contributed by atoms with van der Waals surface area (Å²) in [6.45, 7) is 2.22. The van der Waals surface area contributed by atoms with Crippen molar-refractivity contribution in [1.82, 2.24) is 15.5 Å². The van der Waals surface area contributed by atoms with Gasteiger partial charge < -0.3 is 15.8 Å². The van der Waals surface area contributed by atoms with Gasteiger partial charge in [0.1, 0.15) is 5.69 Å². The number of esters is 1. The molecule has 0 spiro atoms. The monoisotopic (exact) mass is 280 g/mol. The lowest BCUT2D eigenvalue weighted by Gasteiger charge is -2.27. The number of rotatable bonds is 4. The first kappa shape index (κ1) is 14.4. The molecule has 4 N–H and O–H groups in total. The van der Waals surface area contributed by atoms with E-state index in [4.69, 9.17) is 10.5 Å². The molecule has 7 nitrogen and oxygen atoms in total. The Kier molecular flexibility index (Phi) is 4.60. The highest BCUT2D eigenvalue weighted by atomic mass is 16.5. The van der Waals surface area contributed by atoms with Crippen molar-refractivity contribution in [3.63, 3.8) is 0 Å². The number of nitrogens with zero attached hydrogens (tertiary/aromatic N) is 1. The Morgan fingerprint density at radius 2 is 2.15 bits per heavy atom. The van der Waals surface area contributed by atoms with Gasteiger partial charge in [0.05, 0.1) is 24.4 Å². The lowest BCUT2D eigenvalue weighted by molar-refractivity contribution is -0.149. The lowest BCUT2D eigenvalue weighted by atomic mass is 9.86. The van der Waals surface area contributed by atoms with Crippen molar-refractivity contribution in [1.29, 1.82) is 0 Å². The smallest absolute Gasteiger partial charge is 0.308 e. The van der Waals surface area contributed by atoms with Crippen molar-refractivity contribution in [3.05, 3.63) is 11.9 Å². The van der Waals surface area contributed by atoms with Crippen LogP contribution >= 0.6 is 0 Å². The molecule has 0 saturated heterocycles. The standard InChI is InChI=1S/C13H20N4O3/c1-2-20-13(19)8-3-5-9(6-4-8)16-12(18)11-10(14)7-15-17-11/h7-9H,2-6,14H2,1H3,(H,15,17)(H,16,18). The van der Waals surface area contributed by atoms with Crippen LogP contribution in [0, 0.1) is 5.92 Å². The number of ether oxygens (including phenoxy) is 1. The molecule has 1 aliphatic carbocycles. The van der Waals surface area contributed by atoms with Crippen LogP contribution in [0.2, 0.25) is 0 Å². The van der Waals surface area contributed by atoms with Crippen LogP contribution in [-0.4, -0.2) is 34.7 Å². The summed E-state index contributed by atoms with van der Waals surface area (Å²) in [5, 5.41) is 9.21. The molecular weight excluding hydrogens is 260 g/mol. The van der Waals surface area contributed by atoms with Gasteiger partial charge in [0.2, 0.25) is 0 Å². The number of nitrogens with two attached hydrogens (primary N) is 1. The molecule has 110 valence electrons. The van der Waals surface area contributed by atoms with Crippen LogP contribution in [0.15, 0.2) is 6.20 Å². The fourth-order valence-electron chi connectivity index (χ4n) is 2.47. The predicted molar refractivity (Wildman–Crippen MR) is 72.8 cm³/mol. The van der Waals surface area contributed by atoms with E-state index in [1.807, 2.05) is 0 Å². The summed E-state index contributed by atoms with van der Waals surface area (Å²) in [5.74, 6) is -0.421. The fraction of sp³-hybridized carbons (Fsp3) is 0.615. The topological polar surface area (TPSA) is 110 Å². The first-order valence-corrected chi connectivity index (χ1v) is 6.88.